The van der Waals surface area contributed by atoms with Gasteiger partial charge in [-0.05, 0) is 44.9 Å². The third-order valence-corrected chi connectivity index (χ3v) is 5.27. The number of hydrogen-bond donors (Lipinski definition) is 1. The van der Waals surface area contributed by atoms with Gasteiger partial charge in [-0.1, -0.05) is 17.8 Å². The lowest BCUT2D eigenvalue weighted by molar-refractivity contribution is -0.113. The van der Waals surface area contributed by atoms with Crippen LogP contribution < -0.4 is 5.32 Å². The van der Waals surface area contributed by atoms with Gasteiger partial charge in [0.1, 0.15) is 5.82 Å². The lowest BCUT2D eigenvalue weighted by atomic mass is 10.2. The molecule has 2 aromatic rings. The summed E-state index contributed by atoms with van der Waals surface area (Å²) in [7, 11) is 0. The second-order valence-electron chi connectivity index (χ2n) is 6.41. The minimum Gasteiger partial charge on any atom is -0.462 e. The van der Waals surface area contributed by atoms with E-state index in [1.807, 2.05) is 11.5 Å². The van der Waals surface area contributed by atoms with Crippen molar-refractivity contribution in [3.8, 4) is 0 Å². The van der Waals surface area contributed by atoms with Gasteiger partial charge in [-0.15, -0.1) is 10.2 Å². The maximum Gasteiger partial charge on any atom is 0.338 e. The number of esters is 1. The number of thioether (sulfide) groups is 1. The Labute approximate surface area is 168 Å². The summed E-state index contributed by atoms with van der Waals surface area (Å²) in [5.74, 6) is 0.398. The second kappa shape index (κ2) is 9.70. The SMILES string of the molecule is CCOC(=O)c1cccc(NC(=O)CSc2nnc(C)n2C[C@H]2CCCO2)c1. The highest BCUT2D eigenvalue weighted by Gasteiger charge is 2.20. The molecular formula is C19H24N4O4S. The quantitative estimate of drug-likeness (QED) is 0.534. The number of aryl methyl sites for hydroxylation is 1. The fourth-order valence-corrected chi connectivity index (χ4v) is 3.73. The molecule has 1 amide bonds. The van der Waals surface area contributed by atoms with Gasteiger partial charge >= 0.3 is 5.97 Å². The van der Waals surface area contributed by atoms with Gasteiger partial charge in [-0.2, -0.15) is 0 Å². The molecule has 1 aromatic carbocycles. The fourth-order valence-electron chi connectivity index (χ4n) is 2.94. The number of nitrogens with zero attached hydrogens (tertiary/aromatic N) is 3. The van der Waals surface area contributed by atoms with Crippen molar-refractivity contribution in [2.24, 2.45) is 0 Å². The van der Waals surface area contributed by atoms with E-state index in [0.29, 0.717) is 29.6 Å². The second-order valence-corrected chi connectivity index (χ2v) is 7.36. The van der Waals surface area contributed by atoms with E-state index in [1.165, 1.54) is 11.8 Å². The number of ether oxygens (including phenoxy) is 2. The number of nitrogens with one attached hydrogen (secondary N) is 1. The molecule has 9 heteroatoms. The third-order valence-electron chi connectivity index (χ3n) is 4.30. The highest BCUT2D eigenvalue weighted by atomic mass is 32.2. The summed E-state index contributed by atoms with van der Waals surface area (Å²) in [6, 6.07) is 6.69. The van der Waals surface area contributed by atoms with Crippen LogP contribution >= 0.6 is 11.8 Å². The summed E-state index contributed by atoms with van der Waals surface area (Å²) in [4.78, 5) is 24.1. The van der Waals surface area contributed by atoms with E-state index in [0.717, 1.165) is 25.3 Å². The van der Waals surface area contributed by atoms with Crippen LogP contribution in [0, 0.1) is 6.92 Å². The van der Waals surface area contributed by atoms with Crippen molar-refractivity contribution in [2.75, 3.05) is 24.3 Å². The molecule has 0 saturated carbocycles. The molecule has 1 N–H and O–H groups in total. The Hall–Kier alpha value is -2.39. The van der Waals surface area contributed by atoms with Crippen LogP contribution in [0.2, 0.25) is 0 Å². The van der Waals surface area contributed by atoms with Gasteiger partial charge in [0, 0.05) is 12.3 Å². The van der Waals surface area contributed by atoms with Gasteiger partial charge in [-0.25, -0.2) is 4.79 Å². The molecule has 0 radical (unpaired) electrons. The number of benzene rings is 1. The van der Waals surface area contributed by atoms with Crippen LogP contribution in [0.25, 0.3) is 0 Å². The average Bonchev–Trinajstić information content (AvgIpc) is 3.32. The third kappa shape index (κ3) is 5.32. The summed E-state index contributed by atoms with van der Waals surface area (Å²) in [6.45, 7) is 5.44. The number of hydrogen-bond acceptors (Lipinski definition) is 7. The molecule has 2 heterocycles. The van der Waals surface area contributed by atoms with Crippen LogP contribution in [0.4, 0.5) is 5.69 Å². The van der Waals surface area contributed by atoms with Gasteiger partial charge in [0.05, 0.1) is 30.6 Å². The summed E-state index contributed by atoms with van der Waals surface area (Å²) in [6.07, 6.45) is 2.27. The molecule has 1 saturated heterocycles. The zero-order valence-corrected chi connectivity index (χ0v) is 16.8. The summed E-state index contributed by atoms with van der Waals surface area (Å²) in [5, 5.41) is 11.8. The van der Waals surface area contributed by atoms with E-state index < -0.39 is 5.97 Å². The Morgan fingerprint density at radius 3 is 3.00 bits per heavy atom. The van der Waals surface area contributed by atoms with E-state index in [9.17, 15) is 9.59 Å². The lowest BCUT2D eigenvalue weighted by Gasteiger charge is -2.13. The average molecular weight is 404 g/mol. The monoisotopic (exact) mass is 404 g/mol. The van der Waals surface area contributed by atoms with Crippen LogP contribution in [0.1, 0.15) is 35.9 Å². The maximum atomic E-state index is 12.3. The van der Waals surface area contributed by atoms with Gasteiger partial charge < -0.3 is 19.4 Å². The van der Waals surface area contributed by atoms with Crippen molar-refractivity contribution in [3.63, 3.8) is 0 Å². The van der Waals surface area contributed by atoms with Crippen LogP contribution in [-0.2, 0) is 20.8 Å². The lowest BCUT2D eigenvalue weighted by Crippen LogP contribution is -2.18. The molecule has 28 heavy (non-hydrogen) atoms. The number of anilines is 1. The minimum absolute atomic E-state index is 0.175. The van der Waals surface area contributed by atoms with Crippen molar-refractivity contribution in [1.29, 1.82) is 0 Å². The maximum absolute atomic E-state index is 12.3. The van der Waals surface area contributed by atoms with Crippen molar-refractivity contribution >= 4 is 29.3 Å². The highest BCUT2D eigenvalue weighted by molar-refractivity contribution is 7.99. The molecule has 1 fully saturated rings. The fraction of sp³-hybridized carbons (Fsp3) is 0.474. The van der Waals surface area contributed by atoms with Gasteiger partial charge in [-0.3, -0.25) is 4.79 Å². The van der Waals surface area contributed by atoms with Crippen molar-refractivity contribution in [1.82, 2.24) is 14.8 Å². The predicted octanol–water partition coefficient (Wildman–Crippen LogP) is 2.67. The van der Waals surface area contributed by atoms with Crippen LogP contribution in [0.3, 0.4) is 0 Å². The molecule has 150 valence electrons. The summed E-state index contributed by atoms with van der Waals surface area (Å²) in [5.41, 5.74) is 0.951. The van der Waals surface area contributed by atoms with Gasteiger partial charge in [0.2, 0.25) is 5.91 Å². The predicted molar refractivity (Wildman–Crippen MR) is 105 cm³/mol. The standard InChI is InChI=1S/C19H24N4O4S/c1-3-26-18(25)14-6-4-7-15(10-14)20-17(24)12-28-19-22-21-13(2)23(19)11-16-8-5-9-27-16/h4,6-7,10,16H,3,5,8-9,11-12H2,1-2H3,(H,20,24)/t16-/m1/s1. The first kappa shape index (κ1) is 20.3. The normalized spacial score (nSPS) is 16.1. The summed E-state index contributed by atoms with van der Waals surface area (Å²) < 4.78 is 12.7. The Morgan fingerprint density at radius 2 is 2.25 bits per heavy atom. The first-order valence-electron chi connectivity index (χ1n) is 9.28. The molecule has 1 atom stereocenters. The van der Waals surface area contributed by atoms with Crippen LogP contribution in [0.5, 0.6) is 0 Å². The molecule has 0 unspecified atom stereocenters. The minimum atomic E-state index is -0.411. The molecule has 0 spiro atoms. The van der Waals surface area contributed by atoms with Gasteiger partial charge in [0.25, 0.3) is 0 Å². The molecule has 0 aliphatic carbocycles. The smallest absolute Gasteiger partial charge is 0.338 e. The Bertz CT molecular complexity index is 833. The van der Waals surface area contributed by atoms with Crippen molar-refractivity contribution in [3.05, 3.63) is 35.7 Å². The van der Waals surface area contributed by atoms with E-state index >= 15 is 0 Å². The molecule has 8 nitrogen and oxygen atoms in total. The Balaban J connectivity index is 1.56. The molecule has 0 bridgehead atoms. The first-order valence-corrected chi connectivity index (χ1v) is 10.3. The number of aromatic nitrogens is 3. The van der Waals surface area contributed by atoms with E-state index in [-0.39, 0.29) is 17.8 Å². The first-order chi connectivity index (χ1) is 13.6. The molecule has 1 aromatic heterocycles. The van der Waals surface area contributed by atoms with Crippen LogP contribution in [-0.4, -0.2) is 51.7 Å². The van der Waals surface area contributed by atoms with Crippen molar-refractivity contribution in [2.45, 2.75) is 44.5 Å². The zero-order chi connectivity index (χ0) is 19.9. The van der Waals surface area contributed by atoms with E-state index in [1.54, 1.807) is 31.2 Å². The molecule has 3 rings (SSSR count). The van der Waals surface area contributed by atoms with Gasteiger partial charge in [0.15, 0.2) is 5.16 Å². The van der Waals surface area contributed by atoms with E-state index in [2.05, 4.69) is 15.5 Å². The van der Waals surface area contributed by atoms with Crippen molar-refractivity contribution < 1.29 is 19.1 Å². The zero-order valence-electron chi connectivity index (χ0n) is 16.0. The number of carbonyl (C=O) groups excluding carboxylic acids is 2. The van der Waals surface area contributed by atoms with E-state index in [4.69, 9.17) is 9.47 Å². The largest absolute Gasteiger partial charge is 0.462 e. The summed E-state index contributed by atoms with van der Waals surface area (Å²) >= 11 is 1.33. The number of amides is 1. The topological polar surface area (TPSA) is 95.3 Å². The molecule has 1 aliphatic heterocycles. The molecular weight excluding hydrogens is 380 g/mol. The van der Waals surface area contributed by atoms with Crippen LogP contribution in [0.15, 0.2) is 29.4 Å². The highest BCUT2D eigenvalue weighted by Crippen LogP contribution is 2.21. The number of carbonyl (C=O) groups is 2. The molecule has 1 aliphatic rings. The Morgan fingerprint density at radius 1 is 1.39 bits per heavy atom. The number of rotatable bonds is 8. The Kier molecular flexibility index (Phi) is 7.05.